The summed E-state index contributed by atoms with van der Waals surface area (Å²) in [6, 6.07) is 67.7. The van der Waals surface area contributed by atoms with Gasteiger partial charge in [-0.1, -0.05) is 391 Å². The number of fused-ring (bicyclic) bond motifs is 1. The number of nitrogens with zero attached hydrogens (tertiary/aromatic N) is 4. The number of thioether (sulfide) groups is 8. The Morgan fingerprint density at radius 1 is 0.445 bits per heavy atom. The molecule has 1 unspecified atom stereocenters. The first-order valence-corrected chi connectivity index (χ1v) is 48.0. The Labute approximate surface area is 776 Å². The Bertz CT molecular complexity index is 4470. The number of amides is 2. The lowest BCUT2D eigenvalue weighted by molar-refractivity contribution is -0.140. The van der Waals surface area contributed by atoms with Crippen LogP contribution in [0.3, 0.4) is 0 Å². The number of carboxylic acid groups (broad SMARTS) is 2. The third-order valence-corrected chi connectivity index (χ3v) is 27.7. The van der Waals surface area contributed by atoms with Crippen molar-refractivity contribution >= 4 is 238 Å². The fourth-order valence-corrected chi connectivity index (χ4v) is 19.8. The van der Waals surface area contributed by atoms with Crippen LogP contribution in [0.25, 0.3) is 0 Å². The number of aliphatic hydroxyl groups is 2. The summed E-state index contributed by atoms with van der Waals surface area (Å²) in [5.41, 5.74) is 8.64. The molecule has 0 saturated carbocycles. The van der Waals surface area contributed by atoms with Crippen LogP contribution in [-0.2, 0) is 38.1 Å². The van der Waals surface area contributed by atoms with E-state index in [0.717, 1.165) is 66.6 Å². The number of hydrogen-bond donors (Lipinski definition) is 4. The number of benzene rings is 7. The molecule has 2 amide bonds. The number of ether oxygens (including phenoxy) is 1. The van der Waals surface area contributed by atoms with Crippen LogP contribution >= 0.6 is 180 Å². The Hall–Kier alpha value is -6.09. The zero-order valence-electron chi connectivity index (χ0n) is 68.6. The van der Waals surface area contributed by atoms with Gasteiger partial charge in [0.05, 0.1) is 81.8 Å². The number of thiocarbonyl (C=S) groups is 7. The summed E-state index contributed by atoms with van der Waals surface area (Å²) in [5, 5.41) is 62.6. The summed E-state index contributed by atoms with van der Waals surface area (Å²) < 4.78 is 7.28. The number of hydrogen-bond acceptors (Lipinski definition) is 26. The van der Waals surface area contributed by atoms with E-state index in [1.165, 1.54) is 145 Å². The van der Waals surface area contributed by atoms with Gasteiger partial charge in [-0.15, -0.1) is 35.3 Å². The topological polar surface area (TPSA) is 250 Å². The number of nitriles is 3. The van der Waals surface area contributed by atoms with Crippen molar-refractivity contribution in [2.24, 2.45) is 0 Å². The summed E-state index contributed by atoms with van der Waals surface area (Å²) in [6.45, 7) is 18.8. The van der Waals surface area contributed by atoms with Gasteiger partial charge in [0.2, 0.25) is 0 Å². The van der Waals surface area contributed by atoms with Gasteiger partial charge in [-0.05, 0) is 138 Å². The van der Waals surface area contributed by atoms with Crippen LogP contribution in [0.5, 0.6) is 0 Å². The van der Waals surface area contributed by atoms with Gasteiger partial charge in [0, 0.05) is 16.4 Å². The van der Waals surface area contributed by atoms with E-state index in [4.69, 9.17) is 116 Å². The molecule has 634 valence electrons. The highest BCUT2D eigenvalue weighted by molar-refractivity contribution is 8.47. The molecule has 0 fully saturated rings. The molecule has 0 aliphatic carbocycles. The van der Waals surface area contributed by atoms with E-state index in [0.29, 0.717) is 36.1 Å². The van der Waals surface area contributed by atoms with Crippen molar-refractivity contribution in [1.82, 2.24) is 4.90 Å². The van der Waals surface area contributed by atoms with Gasteiger partial charge in [-0.2, -0.15) is 15.8 Å². The average Bonchev–Trinajstić information content (AvgIpc) is 1.55. The molecule has 14 nitrogen and oxygen atoms in total. The summed E-state index contributed by atoms with van der Waals surface area (Å²) in [4.78, 5) is 58.0. The van der Waals surface area contributed by atoms with Gasteiger partial charge in [-0.3, -0.25) is 28.9 Å². The molecule has 0 spiro atoms. The number of imide groups is 1. The van der Waals surface area contributed by atoms with E-state index in [9.17, 15) is 29.2 Å². The quantitative estimate of drug-likeness (QED) is 0.0129. The van der Waals surface area contributed by atoms with Crippen LogP contribution in [0.2, 0.25) is 0 Å². The second-order valence-corrected chi connectivity index (χ2v) is 43.5. The molecule has 7 aromatic rings. The zero-order chi connectivity index (χ0) is 88.8. The predicted octanol–water partition coefficient (Wildman–Crippen LogP) is 24.8. The lowest BCUT2D eigenvalue weighted by Crippen LogP contribution is -2.29. The standard InChI is InChI=1S/C17H13NO3S2.C17H32O2S3.C14H12S2.C13H13NO2S2.C12H13NOS2.C11H11NS2.C6H10O2S2/c19-9-11-5-7-12(8-6-11)17(22)23-10-18-15(20)13-3-1-2-4-14(13)16(18)21;1-4-5-6-7-8-9-10-11-12-13-14-21-16(20)22-17(2,3)15(18)19;15-14(13-9-5-2-6-10-13)16-11-12-7-3-1-4-8-12;1-13(9-14,8-7-11(15)16)18-12(17)10-5-3-2-4-6-10;1-12(2,8-13)16-11(15)10-5-3-9(7-14)4-6-10;1-11(2,8-12)14-10(13)9-6-4-3-5-7-9;1-3-8-6(7)4-10-5(2)9/h1-8,19H,9-10H2;4-14H2,1-3H3,(H,18,19);1-10H,11H2;2-6H,7-8H2,1H3,(H,15,16);3-6,14H,7H2,1-2H3;3-7H,1-2H3;3-4H2,1-2H3. The highest BCUT2D eigenvalue weighted by Gasteiger charge is 2.36. The first-order chi connectivity index (χ1) is 56.5. The van der Waals surface area contributed by atoms with Crippen molar-refractivity contribution in [3.63, 3.8) is 0 Å². The Kier molecular flexibility index (Phi) is 56.1. The van der Waals surface area contributed by atoms with E-state index in [-0.39, 0.29) is 49.7 Å². The molecule has 1 atom stereocenters. The molecule has 7 aromatic carbocycles. The smallest absolute Gasteiger partial charge is 0.319 e. The van der Waals surface area contributed by atoms with Crippen LogP contribution in [0.15, 0.2) is 194 Å². The van der Waals surface area contributed by atoms with Crippen LogP contribution in [-0.4, -0.2) is 127 Å². The maximum Gasteiger partial charge on any atom is 0.319 e. The minimum absolute atomic E-state index is 0.0186. The maximum atomic E-state index is 12.3. The lowest BCUT2D eigenvalue weighted by Gasteiger charge is -2.20. The number of esters is 1. The fourth-order valence-electron chi connectivity index (χ4n) is 9.34. The van der Waals surface area contributed by atoms with Crippen molar-refractivity contribution in [3.05, 3.63) is 250 Å². The molecule has 0 bridgehead atoms. The third kappa shape index (κ3) is 47.4. The fraction of sp³-hybridized carbons (Fsp3) is 0.367. The van der Waals surface area contributed by atoms with Crippen molar-refractivity contribution in [1.29, 1.82) is 15.8 Å². The largest absolute Gasteiger partial charge is 0.481 e. The van der Waals surface area contributed by atoms with Crippen molar-refractivity contribution in [2.45, 2.75) is 184 Å². The monoisotopic (exact) mass is 1880 g/mol. The molecule has 0 saturated heterocycles. The van der Waals surface area contributed by atoms with Crippen molar-refractivity contribution in [3.8, 4) is 18.2 Å². The molecule has 1 aliphatic heterocycles. The van der Waals surface area contributed by atoms with Gasteiger partial charge in [-0.25, -0.2) is 0 Å². The molecule has 1 heterocycles. The minimum atomic E-state index is -0.900. The van der Waals surface area contributed by atoms with Crippen LogP contribution in [0.1, 0.15) is 212 Å². The number of carbonyl (C=O) groups is 5. The van der Waals surface area contributed by atoms with Crippen molar-refractivity contribution < 1.29 is 49.1 Å². The number of unbranched alkanes of at least 4 members (excludes halogenated alkanes) is 9. The van der Waals surface area contributed by atoms with Crippen molar-refractivity contribution in [2.75, 3.05) is 24.0 Å². The number of aliphatic carboxylic acids is 2. The second kappa shape index (κ2) is 61.3. The van der Waals surface area contributed by atoms with Gasteiger partial charge < -0.3 is 25.2 Å². The first kappa shape index (κ1) is 109. The Morgan fingerprint density at radius 2 is 0.824 bits per heavy atom. The van der Waals surface area contributed by atoms with Gasteiger partial charge in [0.1, 0.15) is 22.5 Å². The van der Waals surface area contributed by atoms with E-state index in [1.54, 1.807) is 94.5 Å². The predicted molar refractivity (Wildman–Crippen MR) is 536 cm³/mol. The maximum absolute atomic E-state index is 12.3. The van der Waals surface area contributed by atoms with Crippen LogP contribution in [0.4, 0.5) is 0 Å². The Balaban J connectivity index is 0.000000477. The summed E-state index contributed by atoms with van der Waals surface area (Å²) in [5.74, 6) is 0.00902. The van der Waals surface area contributed by atoms with Gasteiger partial charge >= 0.3 is 17.9 Å². The molecule has 29 heteroatoms. The summed E-state index contributed by atoms with van der Waals surface area (Å²) in [7, 11) is 0. The molecular weight excluding hydrogens is 1780 g/mol. The first-order valence-electron chi connectivity index (χ1n) is 38.0. The highest BCUT2D eigenvalue weighted by atomic mass is 32.2. The number of rotatable bonds is 33. The van der Waals surface area contributed by atoms with Crippen LogP contribution in [0, 0.1) is 34.0 Å². The van der Waals surface area contributed by atoms with E-state index >= 15 is 0 Å². The molecule has 119 heavy (non-hydrogen) atoms. The third-order valence-electron chi connectivity index (χ3n) is 16.1. The minimum Gasteiger partial charge on any atom is -0.481 e. The second-order valence-electron chi connectivity index (χ2n) is 27.4. The van der Waals surface area contributed by atoms with E-state index in [2.05, 4.69) is 66.3 Å². The molecule has 8 rings (SSSR count). The molecule has 0 radical (unpaired) electrons. The normalized spacial score (nSPS) is 11.6. The number of carbonyl (C=O) groups excluding carboxylic acids is 3. The SMILES string of the molecule is CC(C#N)(CCC(=O)O)SC(=S)c1ccccc1.CC(C)(C#N)SC(=S)c1ccc(CO)cc1.CC(C)(C#N)SC(=S)c1ccccc1.CCCCCCCCCCCCSC(=S)SC(C)(C)C(=O)O.CCOC(=O)CSC(C)=S.O=C1c2ccccc2C(=O)N1CSC(=S)c1ccc(CO)cc1.S=C(SCc1ccccc1)c1ccccc1. The van der Waals surface area contributed by atoms with E-state index in [1.807, 2.05) is 149 Å². The lowest BCUT2D eigenvalue weighted by atomic mass is 10.1. The zero-order valence-corrected chi connectivity index (χ0v) is 80.8. The van der Waals surface area contributed by atoms with Crippen LogP contribution < -0.4 is 0 Å². The Morgan fingerprint density at radius 3 is 1.21 bits per heavy atom. The molecule has 0 aromatic heterocycles. The highest BCUT2D eigenvalue weighted by Crippen LogP contribution is 2.35. The molecular formula is C90H104N4O10S15. The number of aliphatic hydroxyl groups excluding tert-OH is 2. The average molecular weight is 1880 g/mol. The summed E-state index contributed by atoms with van der Waals surface area (Å²) >= 11 is 47.8. The summed E-state index contributed by atoms with van der Waals surface area (Å²) in [6.07, 6.45) is 13.6. The number of carboxylic acids is 2. The van der Waals surface area contributed by atoms with Gasteiger partial charge in [0.25, 0.3) is 11.8 Å². The van der Waals surface area contributed by atoms with Gasteiger partial charge in [0.15, 0.2) is 0 Å². The van der Waals surface area contributed by atoms with E-state index < -0.39 is 30.9 Å². The molecule has 1 aliphatic rings. The molecule has 4 N–H and O–H groups in total.